The molecule has 6 nitrogen and oxygen atoms in total. The van der Waals surface area contributed by atoms with Crippen LogP contribution in [0, 0.1) is 6.92 Å². The number of nitrogens with one attached hydrogen (secondary N) is 2. The van der Waals surface area contributed by atoms with Gasteiger partial charge in [0, 0.05) is 18.8 Å². The lowest BCUT2D eigenvalue weighted by atomic mass is 10.2. The third-order valence-electron chi connectivity index (χ3n) is 4.91. The first-order valence-electron chi connectivity index (χ1n) is 9.82. The van der Waals surface area contributed by atoms with Crippen LogP contribution in [-0.4, -0.2) is 77.5 Å². The summed E-state index contributed by atoms with van der Waals surface area (Å²) in [6.07, 6.45) is 0. The van der Waals surface area contributed by atoms with Crippen LogP contribution in [0.4, 0.5) is 5.69 Å². The molecule has 28 heavy (non-hydrogen) atoms. The predicted molar refractivity (Wildman–Crippen MR) is 120 cm³/mol. The molecule has 0 saturated carbocycles. The third kappa shape index (κ3) is 7.07. The summed E-state index contributed by atoms with van der Waals surface area (Å²) in [4.78, 5) is 29.9. The number of rotatable bonds is 7. The summed E-state index contributed by atoms with van der Waals surface area (Å²) in [5.74, 6) is 0.528. The topological polar surface area (TPSA) is 57.1 Å². The van der Waals surface area contributed by atoms with Gasteiger partial charge in [-0.1, -0.05) is 41.7 Å². The molecule has 0 bridgehead atoms. The van der Waals surface area contributed by atoms with E-state index in [1.807, 2.05) is 36.1 Å². The minimum absolute atomic E-state index is 0.0127. The number of hydrogen-bond acceptors (Lipinski definition) is 4. The molecule has 2 amide bonds. The summed E-state index contributed by atoms with van der Waals surface area (Å²) in [5.41, 5.74) is 1.99. The molecular formula is C20H31N4O2S2+. The van der Waals surface area contributed by atoms with Crippen LogP contribution >= 0.6 is 24.0 Å². The second-order valence-electron chi connectivity index (χ2n) is 6.95. The highest BCUT2D eigenvalue weighted by atomic mass is 32.2. The Morgan fingerprint density at radius 3 is 2.36 bits per heavy atom. The average Bonchev–Trinajstić information content (AvgIpc) is 2.69. The molecule has 154 valence electrons. The first-order chi connectivity index (χ1) is 13.4. The number of quaternary nitrogens is 1. The van der Waals surface area contributed by atoms with Gasteiger partial charge in [0.2, 0.25) is 5.91 Å². The fourth-order valence-corrected chi connectivity index (χ4v) is 4.41. The predicted octanol–water partition coefficient (Wildman–Crippen LogP) is 1.02. The van der Waals surface area contributed by atoms with Gasteiger partial charge >= 0.3 is 0 Å². The van der Waals surface area contributed by atoms with Gasteiger partial charge in [-0.15, -0.1) is 0 Å². The fourth-order valence-electron chi connectivity index (χ4n) is 3.11. The Bertz CT molecular complexity index is 669. The van der Waals surface area contributed by atoms with Gasteiger partial charge in [0.05, 0.1) is 31.9 Å². The Hall–Kier alpha value is -1.64. The Balaban J connectivity index is 1.70. The highest BCUT2D eigenvalue weighted by molar-refractivity contribution is 8.23. The van der Waals surface area contributed by atoms with Crippen molar-refractivity contribution in [3.8, 4) is 0 Å². The molecule has 1 aliphatic rings. The number of carbonyl (C=O) groups excluding carboxylic acids is 2. The standard InChI is InChI=1S/C20H30N4O2S2/c1-4-23(5-2)20(27)28-15-19(26)24-12-10-22(11-13-24)14-18(25)21-17-8-6-16(3)7-9-17/h6-9H,4-5,10-15H2,1-3H3,(H,21,25)/p+1. The van der Waals surface area contributed by atoms with E-state index in [2.05, 4.69) is 24.1 Å². The number of anilines is 1. The van der Waals surface area contributed by atoms with Crippen molar-refractivity contribution < 1.29 is 14.5 Å². The molecular weight excluding hydrogens is 392 g/mol. The van der Waals surface area contributed by atoms with Gasteiger partial charge in [0.25, 0.3) is 5.91 Å². The maximum absolute atomic E-state index is 12.4. The Morgan fingerprint density at radius 2 is 1.79 bits per heavy atom. The maximum Gasteiger partial charge on any atom is 0.279 e. The van der Waals surface area contributed by atoms with E-state index in [9.17, 15) is 9.59 Å². The molecule has 1 heterocycles. The molecule has 1 saturated heterocycles. The van der Waals surface area contributed by atoms with Crippen molar-refractivity contribution in [2.24, 2.45) is 0 Å². The summed E-state index contributed by atoms with van der Waals surface area (Å²) >= 11 is 6.83. The molecule has 2 N–H and O–H groups in total. The quantitative estimate of drug-likeness (QED) is 0.642. The molecule has 8 heteroatoms. The van der Waals surface area contributed by atoms with E-state index < -0.39 is 0 Å². The molecule has 1 fully saturated rings. The zero-order chi connectivity index (χ0) is 20.5. The van der Waals surface area contributed by atoms with Crippen LogP contribution in [0.25, 0.3) is 0 Å². The van der Waals surface area contributed by atoms with Gasteiger partial charge in [-0.3, -0.25) is 9.59 Å². The van der Waals surface area contributed by atoms with Crippen LogP contribution in [0.3, 0.4) is 0 Å². The van der Waals surface area contributed by atoms with Crippen molar-refractivity contribution in [3.05, 3.63) is 29.8 Å². The largest absolute Gasteiger partial charge is 0.358 e. The minimum atomic E-state index is 0.0127. The maximum atomic E-state index is 12.4. The lowest BCUT2D eigenvalue weighted by molar-refractivity contribution is -0.895. The second kappa shape index (κ2) is 11.4. The Labute approximate surface area is 177 Å². The van der Waals surface area contributed by atoms with Crippen molar-refractivity contribution in [2.45, 2.75) is 20.8 Å². The number of carbonyl (C=O) groups is 2. The molecule has 2 rings (SSSR count). The zero-order valence-corrected chi connectivity index (χ0v) is 18.6. The Morgan fingerprint density at radius 1 is 1.18 bits per heavy atom. The number of thiocarbonyl (C=S) groups is 1. The summed E-state index contributed by atoms with van der Waals surface area (Å²) in [6, 6.07) is 7.80. The third-order valence-corrected chi connectivity index (χ3v) is 6.42. The molecule has 1 aromatic carbocycles. The van der Waals surface area contributed by atoms with E-state index in [0.29, 0.717) is 25.4 Å². The Kier molecular flexibility index (Phi) is 9.21. The van der Waals surface area contributed by atoms with Crippen molar-refractivity contribution in [2.75, 3.05) is 56.9 Å². The first kappa shape index (κ1) is 22.6. The van der Waals surface area contributed by atoms with E-state index >= 15 is 0 Å². The number of amides is 2. The normalized spacial score (nSPS) is 14.6. The van der Waals surface area contributed by atoms with Gasteiger partial charge in [-0.2, -0.15) is 0 Å². The van der Waals surface area contributed by atoms with Gasteiger partial charge in [0.1, 0.15) is 4.32 Å². The van der Waals surface area contributed by atoms with E-state index in [0.717, 1.165) is 36.2 Å². The smallest absolute Gasteiger partial charge is 0.279 e. The summed E-state index contributed by atoms with van der Waals surface area (Å²) < 4.78 is 0.787. The van der Waals surface area contributed by atoms with Crippen molar-refractivity contribution in [3.63, 3.8) is 0 Å². The lowest BCUT2D eigenvalue weighted by Gasteiger charge is -2.32. The van der Waals surface area contributed by atoms with Crippen LogP contribution in [0.2, 0.25) is 0 Å². The van der Waals surface area contributed by atoms with Gasteiger partial charge in [-0.25, -0.2) is 0 Å². The van der Waals surface area contributed by atoms with Crippen LogP contribution in [0.15, 0.2) is 24.3 Å². The van der Waals surface area contributed by atoms with E-state index in [1.54, 1.807) is 0 Å². The first-order valence-corrected chi connectivity index (χ1v) is 11.2. The van der Waals surface area contributed by atoms with Crippen LogP contribution in [0.1, 0.15) is 19.4 Å². The molecule has 0 radical (unpaired) electrons. The van der Waals surface area contributed by atoms with Crippen LogP contribution < -0.4 is 10.2 Å². The average molecular weight is 424 g/mol. The summed E-state index contributed by atoms with van der Waals surface area (Å²) in [7, 11) is 0. The fraction of sp³-hybridized carbons (Fsp3) is 0.550. The highest BCUT2D eigenvalue weighted by Crippen LogP contribution is 2.11. The van der Waals surface area contributed by atoms with Crippen molar-refractivity contribution in [1.82, 2.24) is 9.80 Å². The SMILES string of the molecule is CCN(CC)C(=S)SCC(=O)N1CC[NH+](CC(=O)Nc2ccc(C)cc2)CC1. The molecule has 0 atom stereocenters. The second-order valence-corrected chi connectivity index (χ2v) is 8.56. The molecule has 0 unspecified atom stereocenters. The number of piperazine rings is 1. The van der Waals surface area contributed by atoms with Gasteiger partial charge in [-0.05, 0) is 32.9 Å². The van der Waals surface area contributed by atoms with E-state index in [1.165, 1.54) is 22.2 Å². The minimum Gasteiger partial charge on any atom is -0.358 e. The summed E-state index contributed by atoms with van der Waals surface area (Å²) in [6.45, 7) is 11.3. The number of benzene rings is 1. The van der Waals surface area contributed by atoms with Gasteiger partial charge < -0.3 is 20.0 Å². The zero-order valence-electron chi connectivity index (χ0n) is 17.0. The molecule has 1 aliphatic heterocycles. The van der Waals surface area contributed by atoms with Gasteiger partial charge in [0.15, 0.2) is 6.54 Å². The summed E-state index contributed by atoms with van der Waals surface area (Å²) in [5, 5.41) is 2.94. The van der Waals surface area contributed by atoms with E-state index in [4.69, 9.17) is 12.2 Å². The number of nitrogens with zero attached hydrogens (tertiary/aromatic N) is 2. The van der Waals surface area contributed by atoms with Crippen LogP contribution in [0.5, 0.6) is 0 Å². The highest BCUT2D eigenvalue weighted by Gasteiger charge is 2.25. The number of thioether (sulfide) groups is 1. The van der Waals surface area contributed by atoms with Crippen molar-refractivity contribution in [1.29, 1.82) is 0 Å². The lowest BCUT2D eigenvalue weighted by Crippen LogP contribution is -3.15. The molecule has 0 aromatic heterocycles. The number of hydrogen-bond donors (Lipinski definition) is 2. The molecule has 0 spiro atoms. The van der Waals surface area contributed by atoms with E-state index in [-0.39, 0.29) is 11.8 Å². The van der Waals surface area contributed by atoms with Crippen LogP contribution in [-0.2, 0) is 9.59 Å². The molecule has 0 aliphatic carbocycles. The number of aryl methyl sites for hydroxylation is 1. The van der Waals surface area contributed by atoms with Crippen molar-refractivity contribution >= 4 is 45.8 Å². The monoisotopic (exact) mass is 423 g/mol. The molecule has 1 aromatic rings.